The van der Waals surface area contributed by atoms with Crippen molar-refractivity contribution in [2.45, 2.75) is 6.92 Å². The average molecular weight is 362 g/mol. The Morgan fingerprint density at radius 2 is 2.04 bits per heavy atom. The van der Waals surface area contributed by atoms with Crippen molar-refractivity contribution >= 4 is 41.5 Å². The summed E-state index contributed by atoms with van der Waals surface area (Å²) >= 11 is 6.19. The zero-order chi connectivity index (χ0) is 16.1. The van der Waals surface area contributed by atoms with Crippen LogP contribution in [0.4, 0.5) is 5.69 Å². The third-order valence-electron chi connectivity index (χ3n) is 3.57. The Kier molecular flexibility index (Phi) is 7.78. The van der Waals surface area contributed by atoms with Gasteiger partial charge in [-0.1, -0.05) is 18.5 Å². The van der Waals surface area contributed by atoms with Crippen LogP contribution < -0.4 is 11.1 Å². The molecule has 1 atom stereocenters. The van der Waals surface area contributed by atoms with Crippen molar-refractivity contribution in [2.24, 2.45) is 11.7 Å². The van der Waals surface area contributed by atoms with Gasteiger partial charge in [0.2, 0.25) is 5.91 Å². The van der Waals surface area contributed by atoms with E-state index in [1.807, 2.05) is 0 Å². The van der Waals surface area contributed by atoms with Crippen molar-refractivity contribution in [1.29, 1.82) is 0 Å². The molecular weight excluding hydrogens is 341 g/mol. The lowest BCUT2D eigenvalue weighted by atomic mass is 10.1. The molecule has 23 heavy (non-hydrogen) atoms. The second kappa shape index (κ2) is 9.08. The van der Waals surface area contributed by atoms with E-state index in [9.17, 15) is 9.59 Å². The molecule has 0 aromatic heterocycles. The third kappa shape index (κ3) is 5.07. The summed E-state index contributed by atoms with van der Waals surface area (Å²) in [7, 11) is 0. The van der Waals surface area contributed by atoms with E-state index in [1.54, 1.807) is 30.0 Å². The molecule has 1 heterocycles. The van der Waals surface area contributed by atoms with E-state index in [1.165, 1.54) is 0 Å². The van der Waals surface area contributed by atoms with Crippen LogP contribution in [0.1, 0.15) is 17.3 Å². The van der Waals surface area contributed by atoms with Crippen LogP contribution >= 0.6 is 24.0 Å². The molecule has 8 heteroatoms. The van der Waals surface area contributed by atoms with E-state index in [4.69, 9.17) is 22.1 Å². The Bertz CT molecular complexity index is 563. The van der Waals surface area contributed by atoms with Gasteiger partial charge in [0.15, 0.2) is 0 Å². The smallest absolute Gasteiger partial charge is 0.255 e. The number of halogens is 2. The van der Waals surface area contributed by atoms with Crippen LogP contribution in [0.3, 0.4) is 0 Å². The first-order valence-corrected chi connectivity index (χ1v) is 7.58. The maximum Gasteiger partial charge on any atom is 0.255 e. The lowest BCUT2D eigenvalue weighted by Crippen LogP contribution is -2.40. The minimum atomic E-state index is -0.284. The Balaban J connectivity index is 0.00000264. The van der Waals surface area contributed by atoms with Crippen molar-refractivity contribution in [3.05, 3.63) is 28.8 Å². The molecule has 0 aliphatic carbocycles. The van der Waals surface area contributed by atoms with Crippen LogP contribution in [-0.2, 0) is 9.53 Å². The predicted molar refractivity (Wildman–Crippen MR) is 92.3 cm³/mol. The second-order valence-electron chi connectivity index (χ2n) is 5.23. The SMILES string of the molecule is CC(CN)C(=O)Nc1ccc(C(=O)N2CCOCC2)c(Cl)c1.Cl. The maximum atomic E-state index is 12.4. The second-order valence-corrected chi connectivity index (χ2v) is 5.63. The largest absolute Gasteiger partial charge is 0.378 e. The van der Waals surface area contributed by atoms with Gasteiger partial charge >= 0.3 is 0 Å². The number of ether oxygens (including phenoxy) is 1. The van der Waals surface area contributed by atoms with E-state index < -0.39 is 0 Å². The molecule has 2 rings (SSSR count). The molecule has 3 N–H and O–H groups in total. The van der Waals surface area contributed by atoms with Crippen LogP contribution in [0.25, 0.3) is 0 Å². The summed E-state index contributed by atoms with van der Waals surface area (Å²) in [6.07, 6.45) is 0. The van der Waals surface area contributed by atoms with Crippen LogP contribution in [0, 0.1) is 5.92 Å². The van der Waals surface area contributed by atoms with Gasteiger partial charge in [-0.3, -0.25) is 9.59 Å². The third-order valence-corrected chi connectivity index (χ3v) is 3.88. The fourth-order valence-electron chi connectivity index (χ4n) is 2.08. The number of nitrogens with zero attached hydrogens (tertiary/aromatic N) is 1. The molecule has 2 amide bonds. The van der Waals surface area contributed by atoms with Crippen molar-refractivity contribution < 1.29 is 14.3 Å². The fourth-order valence-corrected chi connectivity index (χ4v) is 2.34. The standard InChI is InChI=1S/C15H20ClN3O3.ClH/c1-10(9-17)14(20)18-11-2-3-12(13(16)8-11)15(21)19-4-6-22-7-5-19;/h2-3,8,10H,4-7,9,17H2,1H3,(H,18,20);1H. The van der Waals surface area contributed by atoms with Crippen molar-refractivity contribution in [3.8, 4) is 0 Å². The summed E-state index contributed by atoms with van der Waals surface area (Å²) in [5, 5.41) is 3.05. The van der Waals surface area contributed by atoms with Crippen LogP contribution in [0.2, 0.25) is 5.02 Å². The minimum absolute atomic E-state index is 0. The summed E-state index contributed by atoms with van der Waals surface area (Å²) in [6.45, 7) is 4.20. The van der Waals surface area contributed by atoms with Gasteiger partial charge in [-0.2, -0.15) is 0 Å². The van der Waals surface area contributed by atoms with Crippen molar-refractivity contribution in [2.75, 3.05) is 38.2 Å². The Hall–Kier alpha value is -1.34. The number of amides is 2. The van der Waals surface area contributed by atoms with E-state index in [0.717, 1.165) is 0 Å². The Morgan fingerprint density at radius 3 is 2.61 bits per heavy atom. The number of benzene rings is 1. The van der Waals surface area contributed by atoms with E-state index in [-0.39, 0.29) is 36.7 Å². The molecule has 128 valence electrons. The van der Waals surface area contributed by atoms with Gasteiger partial charge < -0.3 is 20.7 Å². The molecule has 6 nitrogen and oxygen atoms in total. The first-order valence-electron chi connectivity index (χ1n) is 7.20. The van der Waals surface area contributed by atoms with Crippen LogP contribution in [0.15, 0.2) is 18.2 Å². The Labute approximate surface area is 146 Å². The average Bonchev–Trinajstić information content (AvgIpc) is 2.54. The number of morpholine rings is 1. The number of hydrogen-bond acceptors (Lipinski definition) is 4. The van der Waals surface area contributed by atoms with E-state index >= 15 is 0 Å². The van der Waals surface area contributed by atoms with Crippen LogP contribution in [-0.4, -0.2) is 49.6 Å². The van der Waals surface area contributed by atoms with E-state index in [0.29, 0.717) is 42.6 Å². The summed E-state index contributed by atoms with van der Waals surface area (Å²) < 4.78 is 5.23. The highest BCUT2D eigenvalue weighted by Gasteiger charge is 2.21. The highest BCUT2D eigenvalue weighted by atomic mass is 35.5. The highest BCUT2D eigenvalue weighted by molar-refractivity contribution is 6.34. The van der Waals surface area contributed by atoms with Gasteiger partial charge in [-0.05, 0) is 18.2 Å². The van der Waals surface area contributed by atoms with Gasteiger partial charge in [0, 0.05) is 31.2 Å². The molecule has 0 bridgehead atoms. The zero-order valence-corrected chi connectivity index (χ0v) is 14.5. The number of nitrogens with two attached hydrogens (primary N) is 1. The quantitative estimate of drug-likeness (QED) is 0.855. The van der Waals surface area contributed by atoms with Gasteiger partial charge in [-0.15, -0.1) is 12.4 Å². The first kappa shape index (κ1) is 19.7. The molecule has 0 saturated carbocycles. The normalized spacial score (nSPS) is 15.5. The molecule has 0 radical (unpaired) electrons. The van der Waals surface area contributed by atoms with Gasteiger partial charge in [0.1, 0.15) is 0 Å². The van der Waals surface area contributed by atoms with Crippen LogP contribution in [0.5, 0.6) is 0 Å². The van der Waals surface area contributed by atoms with Crippen molar-refractivity contribution in [3.63, 3.8) is 0 Å². The van der Waals surface area contributed by atoms with Crippen molar-refractivity contribution in [1.82, 2.24) is 4.90 Å². The predicted octanol–water partition coefficient (Wildman–Crippen LogP) is 1.77. The Morgan fingerprint density at radius 1 is 1.39 bits per heavy atom. The molecular formula is C15H21Cl2N3O3. The minimum Gasteiger partial charge on any atom is -0.378 e. The topological polar surface area (TPSA) is 84.7 Å². The lowest BCUT2D eigenvalue weighted by Gasteiger charge is -2.27. The number of hydrogen-bond donors (Lipinski definition) is 2. The summed E-state index contributed by atoms with van der Waals surface area (Å²) in [4.78, 5) is 25.9. The molecule has 0 spiro atoms. The molecule has 1 aliphatic heterocycles. The molecule has 1 aromatic carbocycles. The number of carbonyl (C=O) groups is 2. The fraction of sp³-hybridized carbons (Fsp3) is 0.467. The molecule has 1 aliphatic rings. The van der Waals surface area contributed by atoms with Gasteiger partial charge in [-0.25, -0.2) is 0 Å². The molecule has 1 fully saturated rings. The molecule has 1 aromatic rings. The summed E-state index contributed by atoms with van der Waals surface area (Å²) in [5.41, 5.74) is 6.43. The first-order chi connectivity index (χ1) is 10.5. The number of anilines is 1. The molecule has 1 unspecified atom stereocenters. The summed E-state index contributed by atoms with van der Waals surface area (Å²) in [6, 6.07) is 4.87. The van der Waals surface area contributed by atoms with Gasteiger partial charge in [0.05, 0.1) is 23.8 Å². The number of rotatable bonds is 4. The number of nitrogens with one attached hydrogen (secondary N) is 1. The molecule has 1 saturated heterocycles. The maximum absolute atomic E-state index is 12.4. The highest BCUT2D eigenvalue weighted by Crippen LogP contribution is 2.23. The zero-order valence-electron chi connectivity index (χ0n) is 12.9. The monoisotopic (exact) mass is 361 g/mol. The summed E-state index contributed by atoms with van der Waals surface area (Å²) in [5.74, 6) is -0.583. The number of carbonyl (C=O) groups excluding carboxylic acids is 2. The lowest BCUT2D eigenvalue weighted by molar-refractivity contribution is -0.119. The van der Waals surface area contributed by atoms with Gasteiger partial charge in [0.25, 0.3) is 5.91 Å². The van der Waals surface area contributed by atoms with E-state index in [2.05, 4.69) is 5.32 Å².